The molecule has 0 saturated heterocycles. The topological polar surface area (TPSA) is 40.5 Å². The van der Waals surface area contributed by atoms with Crippen LogP contribution in [0.25, 0.3) is 0 Å². The van der Waals surface area contributed by atoms with E-state index in [1.807, 2.05) is 0 Å². The van der Waals surface area contributed by atoms with Crippen LogP contribution in [0.1, 0.15) is 46.0 Å². The highest BCUT2D eigenvalue weighted by atomic mass is 16.3. The van der Waals surface area contributed by atoms with Gasteiger partial charge in [0.05, 0.1) is 0 Å². The van der Waals surface area contributed by atoms with E-state index in [1.54, 1.807) is 11.9 Å². The van der Waals surface area contributed by atoms with Gasteiger partial charge in [-0.2, -0.15) is 0 Å². The summed E-state index contributed by atoms with van der Waals surface area (Å²) in [6, 6.07) is 0. The zero-order chi connectivity index (χ0) is 11.5. The van der Waals surface area contributed by atoms with E-state index in [0.717, 1.165) is 13.0 Å². The van der Waals surface area contributed by atoms with Crippen molar-refractivity contribution in [1.29, 1.82) is 0 Å². The highest BCUT2D eigenvalue weighted by molar-refractivity contribution is 5.87. The van der Waals surface area contributed by atoms with E-state index in [-0.39, 0.29) is 5.91 Å². The number of amides is 1. The van der Waals surface area contributed by atoms with Crippen molar-refractivity contribution in [2.45, 2.75) is 51.6 Å². The first-order valence-corrected chi connectivity index (χ1v) is 6.01. The van der Waals surface area contributed by atoms with Crippen LogP contribution in [-0.4, -0.2) is 35.1 Å². The van der Waals surface area contributed by atoms with Gasteiger partial charge in [0.2, 0.25) is 0 Å². The Bertz CT molecular complexity index is 220. The van der Waals surface area contributed by atoms with Crippen LogP contribution in [0.15, 0.2) is 0 Å². The number of aliphatic hydroxyl groups is 1. The Morgan fingerprint density at radius 2 is 1.93 bits per heavy atom. The van der Waals surface area contributed by atoms with Gasteiger partial charge < -0.3 is 10.0 Å². The minimum Gasteiger partial charge on any atom is -0.380 e. The lowest BCUT2D eigenvalue weighted by Gasteiger charge is -2.22. The van der Waals surface area contributed by atoms with Crippen molar-refractivity contribution in [3.8, 4) is 0 Å². The average molecular weight is 213 g/mol. The van der Waals surface area contributed by atoms with Crippen LogP contribution in [0, 0.1) is 5.92 Å². The van der Waals surface area contributed by atoms with Crippen LogP contribution in [0.3, 0.4) is 0 Å². The molecule has 3 heteroatoms. The molecule has 0 radical (unpaired) electrons. The zero-order valence-electron chi connectivity index (χ0n) is 10.1. The SMILES string of the molecule is CCC(CC)CCN(C)C(=O)C1(O)CC1. The Labute approximate surface area is 92.5 Å². The van der Waals surface area contributed by atoms with Crippen molar-refractivity contribution in [2.75, 3.05) is 13.6 Å². The fourth-order valence-corrected chi connectivity index (χ4v) is 1.86. The van der Waals surface area contributed by atoms with E-state index in [1.165, 1.54) is 12.8 Å². The molecule has 0 unspecified atom stereocenters. The van der Waals surface area contributed by atoms with Gasteiger partial charge in [0.15, 0.2) is 0 Å². The molecule has 1 N–H and O–H groups in total. The van der Waals surface area contributed by atoms with Crippen molar-refractivity contribution >= 4 is 5.91 Å². The quantitative estimate of drug-likeness (QED) is 0.731. The van der Waals surface area contributed by atoms with E-state index >= 15 is 0 Å². The summed E-state index contributed by atoms with van der Waals surface area (Å²) in [7, 11) is 1.79. The first-order chi connectivity index (χ1) is 7.03. The summed E-state index contributed by atoms with van der Waals surface area (Å²) < 4.78 is 0. The van der Waals surface area contributed by atoms with Crippen molar-refractivity contribution in [3.63, 3.8) is 0 Å². The Balaban J connectivity index is 2.29. The maximum atomic E-state index is 11.7. The molecule has 1 aliphatic rings. The number of nitrogens with zero attached hydrogens (tertiary/aromatic N) is 1. The molecule has 1 aliphatic carbocycles. The highest BCUT2D eigenvalue weighted by Gasteiger charge is 2.49. The third-order valence-corrected chi connectivity index (χ3v) is 3.50. The third kappa shape index (κ3) is 3.20. The number of carbonyl (C=O) groups is 1. The lowest BCUT2D eigenvalue weighted by atomic mass is 9.99. The second-order valence-electron chi connectivity index (χ2n) is 4.73. The second-order valence-corrected chi connectivity index (χ2v) is 4.73. The molecule has 3 nitrogen and oxygen atoms in total. The molecular weight excluding hydrogens is 190 g/mol. The Morgan fingerprint density at radius 1 is 1.40 bits per heavy atom. The largest absolute Gasteiger partial charge is 0.380 e. The van der Waals surface area contributed by atoms with Gasteiger partial charge in [0, 0.05) is 13.6 Å². The predicted molar refractivity (Wildman–Crippen MR) is 60.5 cm³/mol. The Kier molecular flexibility index (Phi) is 4.14. The van der Waals surface area contributed by atoms with Crippen molar-refractivity contribution in [3.05, 3.63) is 0 Å². The van der Waals surface area contributed by atoms with Crippen LogP contribution in [0.5, 0.6) is 0 Å². The molecule has 1 rings (SSSR count). The number of hydrogen-bond donors (Lipinski definition) is 1. The molecule has 1 saturated carbocycles. The summed E-state index contributed by atoms with van der Waals surface area (Å²) in [4.78, 5) is 13.4. The number of likely N-dealkylation sites (N-methyl/N-ethyl adjacent to an activating group) is 1. The van der Waals surface area contributed by atoms with Gasteiger partial charge in [-0.1, -0.05) is 26.7 Å². The molecule has 15 heavy (non-hydrogen) atoms. The van der Waals surface area contributed by atoms with E-state index in [9.17, 15) is 9.90 Å². The molecule has 0 aromatic rings. The van der Waals surface area contributed by atoms with E-state index in [4.69, 9.17) is 0 Å². The first-order valence-electron chi connectivity index (χ1n) is 6.01. The first kappa shape index (κ1) is 12.5. The fraction of sp³-hybridized carbons (Fsp3) is 0.917. The number of rotatable bonds is 6. The molecule has 0 aromatic carbocycles. The van der Waals surface area contributed by atoms with Gasteiger partial charge in [0.1, 0.15) is 5.60 Å². The normalized spacial score (nSPS) is 17.9. The van der Waals surface area contributed by atoms with Crippen LogP contribution >= 0.6 is 0 Å². The van der Waals surface area contributed by atoms with Gasteiger partial charge >= 0.3 is 0 Å². The van der Waals surface area contributed by atoms with Gasteiger partial charge in [0.25, 0.3) is 5.91 Å². The minimum absolute atomic E-state index is 0.0894. The molecule has 88 valence electrons. The van der Waals surface area contributed by atoms with Crippen molar-refractivity contribution in [2.24, 2.45) is 5.92 Å². The number of hydrogen-bond acceptors (Lipinski definition) is 2. The van der Waals surface area contributed by atoms with E-state index in [2.05, 4.69) is 13.8 Å². The molecule has 0 spiro atoms. The van der Waals surface area contributed by atoms with Crippen molar-refractivity contribution < 1.29 is 9.90 Å². The van der Waals surface area contributed by atoms with E-state index < -0.39 is 5.60 Å². The van der Waals surface area contributed by atoms with Crippen LogP contribution in [-0.2, 0) is 4.79 Å². The summed E-state index contributed by atoms with van der Waals surface area (Å²) in [6.07, 6.45) is 4.67. The molecule has 0 aliphatic heterocycles. The van der Waals surface area contributed by atoms with Crippen LogP contribution in [0.4, 0.5) is 0 Å². The highest BCUT2D eigenvalue weighted by Crippen LogP contribution is 2.36. The van der Waals surface area contributed by atoms with Crippen LogP contribution in [0.2, 0.25) is 0 Å². The fourth-order valence-electron chi connectivity index (χ4n) is 1.86. The summed E-state index contributed by atoms with van der Waals surface area (Å²) >= 11 is 0. The Hall–Kier alpha value is -0.570. The van der Waals surface area contributed by atoms with Gasteiger partial charge in [-0.25, -0.2) is 0 Å². The second kappa shape index (κ2) is 4.97. The maximum Gasteiger partial charge on any atom is 0.254 e. The third-order valence-electron chi connectivity index (χ3n) is 3.50. The average Bonchev–Trinajstić information content (AvgIpc) is 2.98. The van der Waals surface area contributed by atoms with E-state index in [0.29, 0.717) is 18.8 Å². The Morgan fingerprint density at radius 3 is 2.33 bits per heavy atom. The molecule has 0 bridgehead atoms. The minimum atomic E-state index is -0.997. The molecule has 0 heterocycles. The monoisotopic (exact) mass is 213 g/mol. The summed E-state index contributed by atoms with van der Waals surface area (Å²) in [5.41, 5.74) is -0.997. The smallest absolute Gasteiger partial charge is 0.254 e. The zero-order valence-corrected chi connectivity index (χ0v) is 10.1. The van der Waals surface area contributed by atoms with Gasteiger partial charge in [-0.3, -0.25) is 4.79 Å². The summed E-state index contributed by atoms with van der Waals surface area (Å²) in [6.45, 7) is 5.14. The van der Waals surface area contributed by atoms with Crippen LogP contribution < -0.4 is 0 Å². The van der Waals surface area contributed by atoms with Crippen molar-refractivity contribution in [1.82, 2.24) is 4.90 Å². The predicted octanol–water partition coefficient (Wildman–Crippen LogP) is 1.80. The lowest BCUT2D eigenvalue weighted by molar-refractivity contribution is -0.141. The maximum absolute atomic E-state index is 11.7. The molecule has 0 aromatic heterocycles. The molecule has 0 atom stereocenters. The lowest BCUT2D eigenvalue weighted by Crippen LogP contribution is -2.38. The molecule has 1 amide bonds. The molecular formula is C12H23NO2. The molecule has 1 fully saturated rings. The summed E-state index contributed by atoms with van der Waals surface area (Å²) in [5.74, 6) is 0.613. The van der Waals surface area contributed by atoms with Gasteiger partial charge in [-0.15, -0.1) is 0 Å². The summed E-state index contributed by atoms with van der Waals surface area (Å²) in [5, 5.41) is 9.66. The standard InChI is InChI=1S/C12H23NO2/c1-4-10(5-2)6-9-13(3)11(14)12(15)7-8-12/h10,15H,4-9H2,1-3H3. The van der Waals surface area contributed by atoms with Gasteiger partial charge in [-0.05, 0) is 25.2 Å². The number of carbonyl (C=O) groups excluding carboxylic acids is 1.